The van der Waals surface area contributed by atoms with Crippen LogP contribution in [-0.2, 0) is 12.8 Å². The van der Waals surface area contributed by atoms with Gasteiger partial charge in [-0.05, 0) is 12.8 Å². The van der Waals surface area contributed by atoms with Gasteiger partial charge in [0.2, 0.25) is 5.78 Å². The highest BCUT2D eigenvalue weighted by atomic mass is 16.1. The highest BCUT2D eigenvalue weighted by Crippen LogP contribution is 2.40. The van der Waals surface area contributed by atoms with Crippen LogP contribution in [0.3, 0.4) is 0 Å². The number of quaternary nitrogens is 1. The molecule has 0 bridgehead atoms. The molecule has 0 aromatic heterocycles. The number of rotatable bonds is 3. The van der Waals surface area contributed by atoms with Gasteiger partial charge in [0.15, 0.2) is 0 Å². The predicted molar refractivity (Wildman–Crippen MR) is 90.3 cm³/mol. The molecular formula is C20H22NO+. The summed E-state index contributed by atoms with van der Waals surface area (Å²) in [6, 6.07) is 16.5. The van der Waals surface area contributed by atoms with Crippen molar-refractivity contribution in [3.05, 3.63) is 65.2 Å². The van der Waals surface area contributed by atoms with Gasteiger partial charge in [-0.15, -0.1) is 0 Å². The average Bonchev–Trinajstić information content (AvgIpc) is 2.56. The van der Waals surface area contributed by atoms with Crippen molar-refractivity contribution in [3.8, 4) is 0 Å². The van der Waals surface area contributed by atoms with E-state index in [4.69, 9.17) is 0 Å². The first-order valence-electron chi connectivity index (χ1n) is 8.34. The fourth-order valence-corrected chi connectivity index (χ4v) is 4.36. The molecule has 22 heavy (non-hydrogen) atoms. The second kappa shape index (κ2) is 5.36. The normalized spacial score (nSPS) is 18.5. The number of hydrogen-bond acceptors (Lipinski definition) is 1. The van der Waals surface area contributed by atoms with E-state index in [0.717, 1.165) is 23.1 Å². The molecule has 2 heterocycles. The van der Waals surface area contributed by atoms with Crippen molar-refractivity contribution < 1.29 is 4.79 Å². The third-order valence-corrected chi connectivity index (χ3v) is 5.28. The van der Waals surface area contributed by atoms with E-state index in [1.54, 1.807) is 0 Å². The minimum absolute atomic E-state index is 0.283. The van der Waals surface area contributed by atoms with Gasteiger partial charge in [-0.3, -0.25) is 9.28 Å². The van der Waals surface area contributed by atoms with E-state index < -0.39 is 0 Å². The van der Waals surface area contributed by atoms with Crippen molar-refractivity contribution >= 4 is 11.5 Å². The molecule has 2 aliphatic heterocycles. The van der Waals surface area contributed by atoms with Crippen molar-refractivity contribution in [2.24, 2.45) is 0 Å². The van der Waals surface area contributed by atoms with Gasteiger partial charge in [0.25, 0.3) is 0 Å². The molecule has 0 spiro atoms. The zero-order valence-electron chi connectivity index (χ0n) is 12.9. The first-order valence-corrected chi connectivity index (χ1v) is 8.34. The van der Waals surface area contributed by atoms with Crippen LogP contribution in [0.4, 0.5) is 5.69 Å². The topological polar surface area (TPSA) is 17.1 Å². The van der Waals surface area contributed by atoms with Crippen molar-refractivity contribution in [1.82, 2.24) is 4.48 Å². The Morgan fingerprint density at radius 1 is 0.864 bits per heavy atom. The standard InChI is InChI=1S/C20H22NO/c22-19(16-7-2-1-3-8-16)15-21-13-5-11-17-9-4-10-18(20(17)21)12-6-14-21/h1-4,7-10H,5-6,11-15H2/q+1. The minimum atomic E-state index is 0.283. The lowest BCUT2D eigenvalue weighted by Gasteiger charge is -2.45. The van der Waals surface area contributed by atoms with Crippen LogP contribution in [0.2, 0.25) is 0 Å². The van der Waals surface area contributed by atoms with Gasteiger partial charge in [-0.2, -0.15) is 0 Å². The number of carbonyl (C=O) groups is 1. The first kappa shape index (κ1) is 13.7. The lowest BCUT2D eigenvalue weighted by molar-refractivity contribution is 0.0923. The summed E-state index contributed by atoms with van der Waals surface area (Å²) in [6.07, 6.45) is 4.72. The zero-order chi connectivity index (χ0) is 15.0. The summed E-state index contributed by atoms with van der Waals surface area (Å²) >= 11 is 0. The van der Waals surface area contributed by atoms with Gasteiger partial charge < -0.3 is 0 Å². The molecule has 112 valence electrons. The molecule has 0 saturated carbocycles. The van der Waals surface area contributed by atoms with E-state index in [0.29, 0.717) is 6.54 Å². The van der Waals surface area contributed by atoms with Gasteiger partial charge in [-0.1, -0.05) is 48.5 Å². The van der Waals surface area contributed by atoms with Crippen LogP contribution in [0.5, 0.6) is 0 Å². The van der Waals surface area contributed by atoms with Crippen molar-refractivity contribution in [2.45, 2.75) is 25.7 Å². The Morgan fingerprint density at radius 2 is 1.50 bits per heavy atom. The molecule has 0 fully saturated rings. The lowest BCUT2D eigenvalue weighted by atomic mass is 9.88. The number of hydrogen-bond donors (Lipinski definition) is 0. The molecule has 0 aliphatic carbocycles. The first-order chi connectivity index (χ1) is 10.8. The van der Waals surface area contributed by atoms with Gasteiger partial charge in [0, 0.05) is 29.5 Å². The summed E-state index contributed by atoms with van der Waals surface area (Å²) in [5.41, 5.74) is 5.28. The highest BCUT2D eigenvalue weighted by molar-refractivity contribution is 5.98. The SMILES string of the molecule is O=C(C[N+]12CCCc3cccc(c31)CCC2)c1ccccc1. The van der Waals surface area contributed by atoms with Crippen LogP contribution in [0.1, 0.15) is 34.3 Å². The minimum Gasteiger partial charge on any atom is -0.288 e. The van der Waals surface area contributed by atoms with E-state index in [9.17, 15) is 4.79 Å². The maximum absolute atomic E-state index is 12.8. The van der Waals surface area contributed by atoms with Crippen molar-refractivity contribution in [3.63, 3.8) is 0 Å². The summed E-state index contributed by atoms with van der Waals surface area (Å²) in [5.74, 6) is 0.283. The second-order valence-electron chi connectivity index (χ2n) is 6.67. The highest BCUT2D eigenvalue weighted by Gasteiger charge is 2.41. The maximum atomic E-state index is 12.8. The molecule has 0 atom stereocenters. The molecule has 0 N–H and O–H groups in total. The molecule has 4 rings (SSSR count). The Morgan fingerprint density at radius 3 is 2.14 bits per heavy atom. The Balaban J connectivity index is 1.74. The Labute approximate surface area is 132 Å². The molecular weight excluding hydrogens is 270 g/mol. The van der Waals surface area contributed by atoms with E-state index in [1.165, 1.54) is 42.5 Å². The summed E-state index contributed by atoms with van der Waals surface area (Å²) in [5, 5.41) is 0. The molecule has 0 radical (unpaired) electrons. The van der Waals surface area contributed by atoms with Gasteiger partial charge in [-0.25, -0.2) is 0 Å². The molecule has 2 heteroatoms. The number of para-hydroxylation sites is 1. The van der Waals surface area contributed by atoms with Crippen molar-refractivity contribution in [1.29, 1.82) is 0 Å². The molecule has 0 amide bonds. The van der Waals surface area contributed by atoms with Crippen LogP contribution < -0.4 is 4.48 Å². The maximum Gasteiger partial charge on any atom is 0.217 e. The number of nitrogens with zero attached hydrogens (tertiary/aromatic N) is 1. The summed E-state index contributed by atoms with van der Waals surface area (Å²) in [6.45, 7) is 2.85. The third-order valence-electron chi connectivity index (χ3n) is 5.28. The summed E-state index contributed by atoms with van der Waals surface area (Å²) < 4.78 is 0.888. The quantitative estimate of drug-likeness (QED) is 0.622. The second-order valence-corrected chi connectivity index (χ2v) is 6.67. The number of Topliss-reactive ketones (excluding diaryl/α,β-unsaturated/α-hetero) is 1. The predicted octanol–water partition coefficient (Wildman–Crippen LogP) is 3.77. The van der Waals surface area contributed by atoms with E-state index in [1.807, 2.05) is 30.3 Å². The molecule has 2 aromatic rings. The number of carbonyl (C=O) groups excluding carboxylic acids is 1. The molecule has 0 saturated heterocycles. The van der Waals surface area contributed by atoms with Crippen molar-refractivity contribution in [2.75, 3.05) is 19.6 Å². The fourth-order valence-electron chi connectivity index (χ4n) is 4.36. The van der Waals surface area contributed by atoms with Gasteiger partial charge in [0.05, 0.1) is 13.1 Å². The van der Waals surface area contributed by atoms with Gasteiger partial charge >= 0.3 is 0 Å². The number of ketones is 1. The molecule has 2 aliphatic rings. The Bertz CT molecular complexity index is 677. The molecule has 0 unspecified atom stereocenters. The van der Waals surface area contributed by atoms with Crippen LogP contribution >= 0.6 is 0 Å². The lowest BCUT2D eigenvalue weighted by Crippen LogP contribution is -2.57. The molecule has 2 aromatic carbocycles. The van der Waals surface area contributed by atoms with E-state index >= 15 is 0 Å². The average molecular weight is 292 g/mol. The largest absolute Gasteiger partial charge is 0.288 e. The molecule has 2 nitrogen and oxygen atoms in total. The number of aryl methyl sites for hydroxylation is 2. The fraction of sp³-hybridized carbons (Fsp3) is 0.350. The van der Waals surface area contributed by atoms with Gasteiger partial charge in [0.1, 0.15) is 12.2 Å². The van der Waals surface area contributed by atoms with Crippen LogP contribution in [0.25, 0.3) is 0 Å². The number of benzene rings is 2. The van der Waals surface area contributed by atoms with E-state index in [2.05, 4.69) is 18.2 Å². The van der Waals surface area contributed by atoms with Crippen LogP contribution in [0.15, 0.2) is 48.5 Å². The monoisotopic (exact) mass is 292 g/mol. The Hall–Kier alpha value is -1.93. The third kappa shape index (κ3) is 2.19. The van der Waals surface area contributed by atoms with E-state index in [-0.39, 0.29) is 5.78 Å². The smallest absolute Gasteiger partial charge is 0.217 e. The van der Waals surface area contributed by atoms with Crippen LogP contribution in [0, 0.1) is 0 Å². The zero-order valence-corrected chi connectivity index (χ0v) is 12.9. The summed E-state index contributed by atoms with van der Waals surface area (Å²) in [7, 11) is 0. The summed E-state index contributed by atoms with van der Waals surface area (Å²) in [4.78, 5) is 12.8. The van der Waals surface area contributed by atoms with Crippen LogP contribution in [-0.4, -0.2) is 25.4 Å². The Kier molecular flexibility index (Phi) is 3.34.